The lowest BCUT2D eigenvalue weighted by molar-refractivity contribution is -0.116. The molecule has 0 spiro atoms. The van der Waals surface area contributed by atoms with Crippen molar-refractivity contribution >= 4 is 21.6 Å². The predicted molar refractivity (Wildman–Crippen MR) is 81.1 cm³/mol. The van der Waals surface area contributed by atoms with E-state index in [4.69, 9.17) is 0 Å². The number of aryl methyl sites for hydroxylation is 1. The molecule has 1 rings (SSSR count). The molecule has 0 aliphatic rings. The van der Waals surface area contributed by atoms with Crippen molar-refractivity contribution in [2.75, 3.05) is 24.7 Å². The van der Waals surface area contributed by atoms with Crippen LogP contribution in [0.3, 0.4) is 0 Å². The van der Waals surface area contributed by atoms with Crippen LogP contribution in [0.25, 0.3) is 0 Å². The molecular weight excluding hydrogens is 276 g/mol. The monoisotopic (exact) mass is 298 g/mol. The van der Waals surface area contributed by atoms with Crippen molar-refractivity contribution in [1.29, 1.82) is 0 Å². The van der Waals surface area contributed by atoms with Crippen molar-refractivity contribution < 1.29 is 13.2 Å². The Labute approximate surface area is 121 Å². The molecule has 0 aromatic heterocycles. The van der Waals surface area contributed by atoms with Crippen LogP contribution in [0, 0.1) is 12.8 Å². The van der Waals surface area contributed by atoms with Crippen LogP contribution in [0.1, 0.15) is 19.4 Å². The number of rotatable bonds is 6. The maximum absolute atomic E-state index is 12.0. The summed E-state index contributed by atoms with van der Waals surface area (Å²) in [6.45, 7) is 5.89. The number of hydrogen-bond donors (Lipinski definition) is 1. The highest BCUT2D eigenvalue weighted by molar-refractivity contribution is 7.88. The molecule has 5 nitrogen and oxygen atoms in total. The lowest BCUT2D eigenvalue weighted by atomic mass is 10.2. The van der Waals surface area contributed by atoms with Crippen LogP contribution in [0.2, 0.25) is 0 Å². The first-order valence-electron chi connectivity index (χ1n) is 6.50. The Morgan fingerprint density at radius 2 is 1.90 bits per heavy atom. The average Bonchev–Trinajstić information content (AvgIpc) is 2.29. The zero-order valence-electron chi connectivity index (χ0n) is 12.4. The standard InChI is InChI=1S/C14H22N2O3S/c1-11(2)9-16(20(4,18)19)10-14(17)15-13-8-6-5-7-12(13)3/h5-8,11H,9-10H2,1-4H3,(H,15,17). The van der Waals surface area contributed by atoms with E-state index in [0.717, 1.165) is 11.8 Å². The minimum absolute atomic E-state index is 0.161. The van der Waals surface area contributed by atoms with Gasteiger partial charge in [-0.05, 0) is 24.5 Å². The van der Waals surface area contributed by atoms with Crippen molar-refractivity contribution in [2.24, 2.45) is 5.92 Å². The molecule has 0 bridgehead atoms. The van der Waals surface area contributed by atoms with Gasteiger partial charge < -0.3 is 5.32 Å². The van der Waals surface area contributed by atoms with E-state index in [1.165, 1.54) is 4.31 Å². The Morgan fingerprint density at radius 1 is 1.30 bits per heavy atom. The third-order valence-electron chi connectivity index (χ3n) is 2.78. The molecule has 1 amide bonds. The highest BCUT2D eigenvalue weighted by Crippen LogP contribution is 2.13. The number of para-hydroxylation sites is 1. The zero-order chi connectivity index (χ0) is 15.3. The molecule has 0 atom stereocenters. The Balaban J connectivity index is 2.75. The maximum atomic E-state index is 12.0. The summed E-state index contributed by atoms with van der Waals surface area (Å²) in [5.74, 6) is -0.165. The number of benzene rings is 1. The highest BCUT2D eigenvalue weighted by atomic mass is 32.2. The molecule has 1 N–H and O–H groups in total. The summed E-state index contributed by atoms with van der Waals surface area (Å²) >= 11 is 0. The first-order chi connectivity index (χ1) is 9.20. The SMILES string of the molecule is Cc1ccccc1NC(=O)CN(CC(C)C)S(C)(=O)=O. The van der Waals surface area contributed by atoms with Gasteiger partial charge in [-0.3, -0.25) is 4.79 Å². The van der Waals surface area contributed by atoms with Crippen LogP contribution in [0.4, 0.5) is 5.69 Å². The Bertz CT molecular complexity index is 568. The van der Waals surface area contributed by atoms with Gasteiger partial charge in [0.25, 0.3) is 0 Å². The van der Waals surface area contributed by atoms with Gasteiger partial charge in [-0.15, -0.1) is 0 Å². The molecule has 1 aromatic carbocycles. The molecule has 0 radical (unpaired) electrons. The topological polar surface area (TPSA) is 66.5 Å². The maximum Gasteiger partial charge on any atom is 0.239 e. The molecule has 1 aromatic rings. The Morgan fingerprint density at radius 3 is 2.40 bits per heavy atom. The van der Waals surface area contributed by atoms with E-state index in [-0.39, 0.29) is 18.4 Å². The fraction of sp³-hybridized carbons (Fsp3) is 0.500. The fourth-order valence-electron chi connectivity index (χ4n) is 1.79. The summed E-state index contributed by atoms with van der Waals surface area (Å²) < 4.78 is 24.5. The Kier molecular flexibility index (Phi) is 5.71. The molecular formula is C14H22N2O3S. The van der Waals surface area contributed by atoms with Gasteiger partial charge in [-0.25, -0.2) is 8.42 Å². The lowest BCUT2D eigenvalue weighted by Crippen LogP contribution is -2.39. The third-order valence-corrected chi connectivity index (χ3v) is 3.99. The fourth-order valence-corrected chi connectivity index (χ4v) is 2.71. The molecule has 112 valence electrons. The van der Waals surface area contributed by atoms with Crippen molar-refractivity contribution in [2.45, 2.75) is 20.8 Å². The second-order valence-corrected chi connectivity index (χ2v) is 7.29. The quantitative estimate of drug-likeness (QED) is 0.871. The van der Waals surface area contributed by atoms with Crippen LogP contribution in [0.15, 0.2) is 24.3 Å². The number of sulfonamides is 1. The minimum atomic E-state index is -3.38. The van der Waals surface area contributed by atoms with Crippen LogP contribution < -0.4 is 5.32 Å². The van der Waals surface area contributed by atoms with E-state index in [1.54, 1.807) is 6.07 Å². The third kappa shape index (κ3) is 5.30. The van der Waals surface area contributed by atoms with Crippen LogP contribution in [-0.2, 0) is 14.8 Å². The molecule has 0 saturated carbocycles. The van der Waals surface area contributed by atoms with E-state index >= 15 is 0 Å². The normalized spacial score (nSPS) is 11.9. The zero-order valence-corrected chi connectivity index (χ0v) is 13.2. The predicted octanol–water partition coefficient (Wildman–Crippen LogP) is 1.85. The van der Waals surface area contributed by atoms with E-state index in [2.05, 4.69) is 5.32 Å². The van der Waals surface area contributed by atoms with Gasteiger partial charge in [-0.2, -0.15) is 4.31 Å². The average molecular weight is 298 g/mol. The van der Waals surface area contributed by atoms with Gasteiger partial charge in [0.15, 0.2) is 0 Å². The number of amides is 1. The van der Waals surface area contributed by atoms with Crippen molar-refractivity contribution in [3.8, 4) is 0 Å². The van der Waals surface area contributed by atoms with Crippen LogP contribution in [-0.4, -0.2) is 38.0 Å². The Hall–Kier alpha value is -1.40. The summed E-state index contributed by atoms with van der Waals surface area (Å²) in [6.07, 6.45) is 1.12. The van der Waals surface area contributed by atoms with Gasteiger partial charge in [0.1, 0.15) is 0 Å². The molecule has 0 heterocycles. The number of hydrogen-bond acceptors (Lipinski definition) is 3. The number of carbonyl (C=O) groups is 1. The molecule has 0 aliphatic heterocycles. The molecule has 0 unspecified atom stereocenters. The van der Waals surface area contributed by atoms with Crippen molar-refractivity contribution in [3.05, 3.63) is 29.8 Å². The summed E-state index contributed by atoms with van der Waals surface area (Å²) in [6, 6.07) is 7.39. The second kappa shape index (κ2) is 6.85. The van der Waals surface area contributed by atoms with Crippen LogP contribution >= 0.6 is 0 Å². The molecule has 0 aliphatic carbocycles. The van der Waals surface area contributed by atoms with Crippen molar-refractivity contribution in [1.82, 2.24) is 4.31 Å². The highest BCUT2D eigenvalue weighted by Gasteiger charge is 2.21. The molecule has 6 heteroatoms. The van der Waals surface area contributed by atoms with Gasteiger partial charge in [-0.1, -0.05) is 32.0 Å². The summed E-state index contributed by atoms with van der Waals surface area (Å²) in [5, 5.41) is 2.74. The second-order valence-electron chi connectivity index (χ2n) is 5.31. The van der Waals surface area contributed by atoms with Gasteiger partial charge >= 0.3 is 0 Å². The van der Waals surface area contributed by atoms with Gasteiger partial charge in [0, 0.05) is 12.2 Å². The summed E-state index contributed by atoms with van der Waals surface area (Å²) in [7, 11) is -3.38. The number of nitrogens with one attached hydrogen (secondary N) is 1. The van der Waals surface area contributed by atoms with E-state index in [9.17, 15) is 13.2 Å². The van der Waals surface area contributed by atoms with Gasteiger partial charge in [0.05, 0.1) is 12.8 Å². The van der Waals surface area contributed by atoms with E-state index in [1.807, 2.05) is 39.0 Å². The first-order valence-corrected chi connectivity index (χ1v) is 8.35. The largest absolute Gasteiger partial charge is 0.325 e. The summed E-state index contributed by atoms with van der Waals surface area (Å²) in [4.78, 5) is 12.0. The number of nitrogens with zero attached hydrogens (tertiary/aromatic N) is 1. The number of anilines is 1. The van der Waals surface area contributed by atoms with Crippen LogP contribution in [0.5, 0.6) is 0 Å². The molecule has 0 fully saturated rings. The van der Waals surface area contributed by atoms with Gasteiger partial charge in [0.2, 0.25) is 15.9 Å². The summed E-state index contributed by atoms with van der Waals surface area (Å²) in [5.41, 5.74) is 1.64. The number of carbonyl (C=O) groups excluding carboxylic acids is 1. The van der Waals surface area contributed by atoms with E-state index in [0.29, 0.717) is 12.2 Å². The van der Waals surface area contributed by atoms with E-state index < -0.39 is 10.0 Å². The van der Waals surface area contributed by atoms with Crippen molar-refractivity contribution in [3.63, 3.8) is 0 Å². The first kappa shape index (κ1) is 16.7. The molecule has 0 saturated heterocycles. The smallest absolute Gasteiger partial charge is 0.239 e. The molecule has 20 heavy (non-hydrogen) atoms. The lowest BCUT2D eigenvalue weighted by Gasteiger charge is -2.21. The minimum Gasteiger partial charge on any atom is -0.325 e.